The third-order valence-corrected chi connectivity index (χ3v) is 4.75. The monoisotopic (exact) mass is 286 g/mol. The minimum Gasteiger partial charge on any atom is -0.381 e. The lowest BCUT2D eigenvalue weighted by atomic mass is 9.87. The van der Waals surface area contributed by atoms with Crippen LogP contribution in [0.1, 0.15) is 18.5 Å². The zero-order valence-electron chi connectivity index (χ0n) is 11.9. The summed E-state index contributed by atoms with van der Waals surface area (Å²) in [7, 11) is 0. The quantitative estimate of drug-likeness (QED) is 0.847. The van der Waals surface area contributed by atoms with Crippen LogP contribution in [0.3, 0.4) is 0 Å². The molecule has 0 radical (unpaired) electrons. The van der Waals surface area contributed by atoms with E-state index in [9.17, 15) is 4.79 Å². The molecule has 5 nitrogen and oxygen atoms in total. The van der Waals surface area contributed by atoms with Crippen LogP contribution in [0.4, 0.5) is 0 Å². The van der Waals surface area contributed by atoms with Crippen LogP contribution in [0.15, 0.2) is 28.8 Å². The van der Waals surface area contributed by atoms with Crippen molar-refractivity contribution in [1.29, 1.82) is 0 Å². The lowest BCUT2D eigenvalue weighted by Crippen LogP contribution is -2.33. The number of carbonyl (C=O) groups is 1. The number of likely N-dealkylation sites (tertiary alicyclic amines) is 1. The summed E-state index contributed by atoms with van der Waals surface area (Å²) in [5, 5.41) is 4.98. The first-order valence-corrected chi connectivity index (χ1v) is 7.45. The zero-order chi connectivity index (χ0) is 14.3. The van der Waals surface area contributed by atoms with Gasteiger partial charge in [0.05, 0.1) is 13.0 Å². The number of rotatable bonds is 2. The molecule has 110 valence electrons. The van der Waals surface area contributed by atoms with Crippen molar-refractivity contribution in [3.63, 3.8) is 0 Å². The third kappa shape index (κ3) is 2.21. The molecule has 0 aliphatic carbocycles. The van der Waals surface area contributed by atoms with E-state index < -0.39 is 0 Å². The molecule has 0 bridgehead atoms. The number of hydrogen-bond donors (Lipinski definition) is 0. The Kier molecular flexibility index (Phi) is 2.96. The Morgan fingerprint density at radius 1 is 1.33 bits per heavy atom. The minimum atomic E-state index is 0.137. The molecule has 2 aliphatic rings. The van der Waals surface area contributed by atoms with Gasteiger partial charge in [0.25, 0.3) is 0 Å². The standard InChI is InChI=1S/C16H18N2O3/c19-15(18-7-5-16(10-18)6-8-20-11-16)9-13-12-3-1-2-4-14(12)21-17-13/h1-4H,5-11H2. The van der Waals surface area contributed by atoms with Gasteiger partial charge in [0.2, 0.25) is 5.91 Å². The Hall–Kier alpha value is -1.88. The lowest BCUT2D eigenvalue weighted by molar-refractivity contribution is -0.129. The van der Waals surface area contributed by atoms with Gasteiger partial charge in [0.15, 0.2) is 5.58 Å². The first kappa shape index (κ1) is 12.8. The van der Waals surface area contributed by atoms with Gasteiger partial charge in [0, 0.05) is 30.5 Å². The minimum absolute atomic E-state index is 0.137. The van der Waals surface area contributed by atoms with Gasteiger partial charge >= 0.3 is 0 Å². The highest BCUT2D eigenvalue weighted by Crippen LogP contribution is 2.38. The topological polar surface area (TPSA) is 55.6 Å². The second-order valence-corrected chi connectivity index (χ2v) is 6.17. The van der Waals surface area contributed by atoms with E-state index in [1.165, 1.54) is 0 Å². The summed E-state index contributed by atoms with van der Waals surface area (Å²) in [6.07, 6.45) is 2.44. The summed E-state index contributed by atoms with van der Waals surface area (Å²) in [6.45, 7) is 3.28. The van der Waals surface area contributed by atoms with Crippen molar-refractivity contribution in [2.24, 2.45) is 5.41 Å². The van der Waals surface area contributed by atoms with Gasteiger partial charge in [-0.25, -0.2) is 0 Å². The number of ether oxygens (including phenoxy) is 1. The lowest BCUT2D eigenvalue weighted by Gasteiger charge is -2.21. The molecule has 5 heteroatoms. The predicted octanol–water partition coefficient (Wildman–Crippen LogP) is 2.01. The van der Waals surface area contributed by atoms with Crippen LogP contribution in [0.5, 0.6) is 0 Å². The summed E-state index contributed by atoms with van der Waals surface area (Å²) in [5.41, 5.74) is 1.68. The van der Waals surface area contributed by atoms with Crippen LogP contribution >= 0.6 is 0 Å². The van der Waals surface area contributed by atoms with Gasteiger partial charge in [0.1, 0.15) is 5.69 Å². The second-order valence-electron chi connectivity index (χ2n) is 6.17. The van der Waals surface area contributed by atoms with E-state index in [-0.39, 0.29) is 11.3 Å². The van der Waals surface area contributed by atoms with E-state index in [0.717, 1.165) is 55.8 Å². The highest BCUT2D eigenvalue weighted by molar-refractivity contribution is 5.86. The molecule has 1 atom stereocenters. The molecule has 1 amide bonds. The number of aromatic nitrogens is 1. The average Bonchev–Trinajstić information content (AvgIpc) is 3.22. The van der Waals surface area contributed by atoms with Gasteiger partial charge in [-0.05, 0) is 25.0 Å². The number of amides is 1. The Balaban J connectivity index is 1.49. The average molecular weight is 286 g/mol. The van der Waals surface area contributed by atoms with E-state index in [0.29, 0.717) is 6.42 Å². The second kappa shape index (κ2) is 4.84. The largest absolute Gasteiger partial charge is 0.381 e. The van der Waals surface area contributed by atoms with Crippen molar-refractivity contribution < 1.29 is 14.1 Å². The highest BCUT2D eigenvalue weighted by atomic mass is 16.5. The number of nitrogens with zero attached hydrogens (tertiary/aromatic N) is 2. The Morgan fingerprint density at radius 2 is 2.24 bits per heavy atom. The molecule has 21 heavy (non-hydrogen) atoms. The molecule has 1 aromatic carbocycles. The van der Waals surface area contributed by atoms with Crippen molar-refractivity contribution in [1.82, 2.24) is 10.1 Å². The van der Waals surface area contributed by atoms with Crippen LogP contribution in [0.25, 0.3) is 11.0 Å². The van der Waals surface area contributed by atoms with Crippen molar-refractivity contribution in [2.75, 3.05) is 26.3 Å². The third-order valence-electron chi connectivity index (χ3n) is 4.75. The van der Waals surface area contributed by atoms with Crippen LogP contribution in [0.2, 0.25) is 0 Å². The van der Waals surface area contributed by atoms with E-state index in [1.54, 1.807) is 0 Å². The SMILES string of the molecule is O=C(Cc1noc2ccccc12)N1CCC2(CCOC2)C1. The highest BCUT2D eigenvalue weighted by Gasteiger charge is 2.42. The predicted molar refractivity (Wildman–Crippen MR) is 76.8 cm³/mol. The maximum atomic E-state index is 12.5. The molecule has 0 saturated carbocycles. The molecular formula is C16H18N2O3. The number of hydrogen-bond acceptors (Lipinski definition) is 4. The van der Waals surface area contributed by atoms with Gasteiger partial charge in [-0.2, -0.15) is 0 Å². The number of benzene rings is 1. The molecule has 3 heterocycles. The summed E-state index contributed by atoms with van der Waals surface area (Å²) >= 11 is 0. The molecule has 2 saturated heterocycles. The van der Waals surface area contributed by atoms with Crippen LogP contribution in [0, 0.1) is 5.41 Å². The first-order valence-electron chi connectivity index (χ1n) is 7.45. The molecule has 2 fully saturated rings. The first-order chi connectivity index (χ1) is 10.3. The maximum Gasteiger partial charge on any atom is 0.228 e. The van der Waals surface area contributed by atoms with E-state index in [1.807, 2.05) is 29.2 Å². The Labute approximate surface area is 122 Å². The Morgan fingerprint density at radius 3 is 3.10 bits per heavy atom. The number of para-hydroxylation sites is 1. The molecule has 0 N–H and O–H groups in total. The molecule has 2 aromatic rings. The van der Waals surface area contributed by atoms with E-state index in [2.05, 4.69) is 5.16 Å². The van der Waals surface area contributed by atoms with Crippen molar-refractivity contribution in [3.8, 4) is 0 Å². The number of fused-ring (bicyclic) bond motifs is 1. The summed E-state index contributed by atoms with van der Waals surface area (Å²) in [4.78, 5) is 14.5. The molecule has 1 spiro atoms. The fourth-order valence-electron chi connectivity index (χ4n) is 3.44. The molecule has 2 aliphatic heterocycles. The van der Waals surface area contributed by atoms with E-state index in [4.69, 9.17) is 9.26 Å². The smallest absolute Gasteiger partial charge is 0.228 e. The van der Waals surface area contributed by atoms with Gasteiger partial charge < -0.3 is 14.2 Å². The van der Waals surface area contributed by atoms with Crippen LogP contribution in [-0.4, -0.2) is 42.3 Å². The Bertz CT molecular complexity index is 673. The molecule has 4 rings (SSSR count). The van der Waals surface area contributed by atoms with Crippen LogP contribution < -0.4 is 0 Å². The van der Waals surface area contributed by atoms with Gasteiger partial charge in [-0.3, -0.25) is 4.79 Å². The number of carbonyl (C=O) groups excluding carboxylic acids is 1. The van der Waals surface area contributed by atoms with Crippen molar-refractivity contribution in [2.45, 2.75) is 19.3 Å². The molecular weight excluding hydrogens is 268 g/mol. The molecule has 1 aromatic heterocycles. The normalized spacial score (nSPS) is 25.2. The fraction of sp³-hybridized carbons (Fsp3) is 0.500. The van der Waals surface area contributed by atoms with Crippen LogP contribution in [-0.2, 0) is 16.0 Å². The van der Waals surface area contributed by atoms with Crippen molar-refractivity contribution in [3.05, 3.63) is 30.0 Å². The maximum absolute atomic E-state index is 12.5. The summed E-state index contributed by atoms with van der Waals surface area (Å²) in [5.74, 6) is 0.137. The van der Waals surface area contributed by atoms with Gasteiger partial charge in [-0.15, -0.1) is 0 Å². The summed E-state index contributed by atoms with van der Waals surface area (Å²) in [6, 6.07) is 7.67. The van der Waals surface area contributed by atoms with E-state index >= 15 is 0 Å². The fourth-order valence-corrected chi connectivity index (χ4v) is 3.44. The zero-order valence-corrected chi connectivity index (χ0v) is 11.9. The van der Waals surface area contributed by atoms with Crippen molar-refractivity contribution >= 4 is 16.9 Å². The molecule has 1 unspecified atom stereocenters. The van der Waals surface area contributed by atoms with Gasteiger partial charge in [-0.1, -0.05) is 17.3 Å². The summed E-state index contributed by atoms with van der Waals surface area (Å²) < 4.78 is 10.8.